The van der Waals surface area contributed by atoms with Crippen LogP contribution in [0.25, 0.3) is 0 Å². The van der Waals surface area contributed by atoms with Gasteiger partial charge in [-0.05, 0) is 44.7 Å². The fourth-order valence-corrected chi connectivity index (χ4v) is 9.75. The van der Waals surface area contributed by atoms with Crippen molar-refractivity contribution < 1.29 is 166 Å². The van der Waals surface area contributed by atoms with Gasteiger partial charge in [0.2, 0.25) is 8.73 Å². The zero-order valence-electron chi connectivity index (χ0n) is 33.6. The Morgan fingerprint density at radius 1 is 0.580 bits per heavy atom. The van der Waals surface area contributed by atoms with E-state index in [0.717, 1.165) is 40.4 Å². The van der Waals surface area contributed by atoms with Gasteiger partial charge in [-0.25, -0.2) is 0 Å². The fraction of sp³-hybridized carbons (Fsp3) is 0.806. The number of rotatable bonds is 7. The molecular weight excluding hydrogens is 1540 g/mol. The van der Waals surface area contributed by atoms with E-state index in [9.17, 15) is 10.1 Å². The third kappa shape index (κ3) is 176. The first-order valence-electron chi connectivity index (χ1n) is 14.9. The van der Waals surface area contributed by atoms with Crippen LogP contribution < -0.4 is 5.50 Å². The van der Waals surface area contributed by atoms with E-state index >= 15 is 0 Å². The second-order valence-corrected chi connectivity index (χ2v) is 19.1. The molecule has 2 N–H and O–H groups in total. The topological polar surface area (TPSA) is 69.2 Å². The molecule has 0 bridgehead atoms. The Morgan fingerprint density at radius 2 is 0.800 bits per heavy atom. The predicted octanol–water partition coefficient (Wildman–Crippen LogP) is 14.3. The molecule has 0 aromatic heterocycles. The standard InChI is InChI=1S/C4H11P.C3H8NO2P.C3H10NP.3C3H6S2.3C3H7.3CH3.3W.3Y/c1-3-4-5-2;1-2-3-7-4(5)6;1-2-3-5-4;3*1-2-4-5-3-1;3*1-3-2;;;;;;;;;/h5H,3-4H2,1-2H3;7H,2-3H2,1H3;5H,2-4H2,1H3;3*1-3H2;3*1,3H2,2H3;3*1H3;;;;;;/q;;;;;;6*-1;;;;;;. The molecular formula is C31H77N2O2P3S6W3Y3-6. The van der Waals surface area contributed by atoms with Gasteiger partial charge >= 0.3 is 0 Å². The molecule has 4 nitrogen and oxygen atoms in total. The van der Waals surface area contributed by atoms with Gasteiger partial charge < -0.3 is 48.6 Å². The van der Waals surface area contributed by atoms with Gasteiger partial charge in [-0.1, -0.05) is 128 Å². The Balaban J connectivity index is -0.0000000210. The van der Waals surface area contributed by atoms with Crippen LogP contribution in [0.4, 0.5) is 0 Å². The zero-order chi connectivity index (χ0) is 32.7. The van der Waals surface area contributed by atoms with Crippen molar-refractivity contribution in [3.63, 3.8) is 0 Å². The molecule has 0 aromatic carbocycles. The zero-order valence-corrected chi connectivity index (χ0v) is 58.8. The second kappa shape index (κ2) is 124. The summed E-state index contributed by atoms with van der Waals surface area (Å²) >= 11 is 0. The summed E-state index contributed by atoms with van der Waals surface area (Å²) in [5.41, 5.74) is 5.17. The van der Waals surface area contributed by atoms with Gasteiger partial charge in [0.15, 0.2) is 0 Å². The van der Waals surface area contributed by atoms with Crippen molar-refractivity contribution in [1.82, 2.24) is 0 Å². The van der Waals surface area contributed by atoms with Crippen molar-refractivity contribution in [2.24, 2.45) is 5.50 Å². The minimum atomic E-state index is -0.260. The maximum atomic E-state index is 9.58. The molecule has 3 heterocycles. The Bertz CT molecular complexity index is 350. The minimum absolute atomic E-state index is 0. The van der Waals surface area contributed by atoms with Crippen LogP contribution in [0.1, 0.15) is 99.3 Å². The van der Waals surface area contributed by atoms with Crippen LogP contribution in [-0.2, 0) is 161 Å². The van der Waals surface area contributed by atoms with Crippen LogP contribution >= 0.6 is 90.8 Å². The Hall–Kier alpha value is 8.13. The summed E-state index contributed by atoms with van der Waals surface area (Å²) in [7, 11) is 13.7. The molecule has 307 valence electrons. The van der Waals surface area contributed by atoms with Crippen molar-refractivity contribution >= 4 is 90.8 Å². The molecule has 3 radical (unpaired) electrons. The summed E-state index contributed by atoms with van der Waals surface area (Å²) < 4.78 is -0.260. The monoisotopic (exact) mass is 1610 g/mol. The molecule has 3 saturated heterocycles. The molecule has 0 spiro atoms. The quantitative estimate of drug-likeness (QED) is 0.0883. The largest absolute Gasteiger partial charge is 0.358 e. The van der Waals surface area contributed by atoms with Gasteiger partial charge in [-0.2, -0.15) is 19.3 Å². The number of hydrogen-bond donors (Lipinski definition) is 1. The smallest absolute Gasteiger partial charge is 0.236 e. The maximum absolute atomic E-state index is 9.58. The third-order valence-corrected chi connectivity index (χ3v) is 13.5. The van der Waals surface area contributed by atoms with Crippen LogP contribution in [0.2, 0.25) is 0 Å². The van der Waals surface area contributed by atoms with E-state index in [0.29, 0.717) is 8.73 Å². The average Bonchev–Trinajstić information content (AvgIpc) is 3.78. The van der Waals surface area contributed by atoms with E-state index in [1.165, 1.54) is 78.9 Å². The molecule has 3 aliphatic heterocycles. The van der Waals surface area contributed by atoms with Crippen molar-refractivity contribution in [2.75, 3.05) is 59.7 Å². The maximum Gasteiger partial charge on any atom is 0.236 e. The van der Waals surface area contributed by atoms with Gasteiger partial charge in [0.1, 0.15) is 0 Å². The summed E-state index contributed by atoms with van der Waals surface area (Å²) in [5, 5.41) is 9.58. The molecule has 3 aliphatic rings. The molecule has 0 aliphatic carbocycles. The van der Waals surface area contributed by atoms with Crippen molar-refractivity contribution in [3.05, 3.63) is 53.2 Å². The molecule has 19 heteroatoms. The third-order valence-electron chi connectivity index (χ3n) is 3.00. The van der Waals surface area contributed by atoms with Gasteiger partial charge in [0.05, 0.1) is 0 Å². The SMILES string of the molecule is C1CSSC1.C1CSSC1.C1CSSC1.CCCPC.CCCPN.CCCP[N+](=O)[O-].[CH2-]CC.[CH2-]CC.[CH2-]CC.[CH3-].[CH3-].[CH3-].[W].[W].[W].[Y].[Y].[Y]. The predicted molar refractivity (Wildman–Crippen MR) is 242 cm³/mol. The minimum Gasteiger partial charge on any atom is -0.358 e. The number of nitrogens with zero attached hydrogens (tertiary/aromatic N) is 1. The summed E-state index contributed by atoms with van der Waals surface area (Å²) in [6.45, 7) is 25.0. The van der Waals surface area contributed by atoms with E-state index in [4.69, 9.17) is 5.50 Å². The van der Waals surface area contributed by atoms with Gasteiger partial charge in [-0.15, -0.1) is 8.58 Å². The first kappa shape index (κ1) is 102. The van der Waals surface area contributed by atoms with E-state index in [2.05, 4.69) is 41.3 Å². The second-order valence-electron chi connectivity index (χ2n) is 7.72. The van der Waals surface area contributed by atoms with Crippen LogP contribution in [0.5, 0.6) is 0 Å². The Morgan fingerprint density at radius 3 is 0.840 bits per heavy atom. The molecule has 50 heavy (non-hydrogen) atoms. The molecule has 0 amide bonds. The Kier molecular flexibility index (Phi) is 253. The molecule has 0 saturated carbocycles. The Labute approximate surface area is 466 Å². The first-order valence-corrected chi connectivity index (χ1v) is 26.5. The van der Waals surface area contributed by atoms with Gasteiger partial charge in [-0.3, -0.25) is 10.1 Å². The average molecular weight is 1610 g/mol. The van der Waals surface area contributed by atoms with Crippen LogP contribution in [0.3, 0.4) is 0 Å². The van der Waals surface area contributed by atoms with Gasteiger partial charge in [0, 0.05) is 207 Å². The molecule has 3 rings (SSSR count). The molecule has 0 aromatic rings. The molecule has 3 fully saturated rings. The first-order chi connectivity index (χ1) is 19.8. The van der Waals surface area contributed by atoms with E-state index < -0.39 is 0 Å². The number of nitro groups is 1. The molecule has 3 atom stereocenters. The van der Waals surface area contributed by atoms with Gasteiger partial charge in [0.25, 0.3) is 0 Å². The summed E-state index contributed by atoms with van der Waals surface area (Å²) in [5.74, 6) is 8.28. The van der Waals surface area contributed by atoms with Crippen molar-refractivity contribution in [2.45, 2.75) is 99.3 Å². The summed E-state index contributed by atoms with van der Waals surface area (Å²) in [6, 6.07) is 0. The molecule has 3 unspecified atom stereocenters. The number of nitrogens with two attached hydrogens (primary N) is 1. The van der Waals surface area contributed by atoms with Crippen LogP contribution in [0.15, 0.2) is 0 Å². The summed E-state index contributed by atoms with van der Waals surface area (Å²) in [4.78, 5) is 9.58. The van der Waals surface area contributed by atoms with Crippen LogP contribution in [-0.4, -0.2) is 64.4 Å². The van der Waals surface area contributed by atoms with E-state index in [1.54, 1.807) is 0 Å². The van der Waals surface area contributed by atoms with E-state index in [1.807, 2.05) is 92.5 Å². The van der Waals surface area contributed by atoms with E-state index in [-0.39, 0.29) is 197 Å². The number of hydrogen-bond acceptors (Lipinski definition) is 9. The summed E-state index contributed by atoms with van der Waals surface area (Å²) in [6.07, 6.45) is 14.1. The van der Waals surface area contributed by atoms with Crippen molar-refractivity contribution in [1.29, 1.82) is 0 Å². The normalized spacial score (nSPS) is 11.9. The van der Waals surface area contributed by atoms with Crippen molar-refractivity contribution in [3.8, 4) is 0 Å². The van der Waals surface area contributed by atoms with Crippen LogP contribution in [0, 0.1) is 53.2 Å². The fourth-order valence-electron chi connectivity index (χ4n) is 1.48.